The highest BCUT2D eigenvalue weighted by Gasteiger charge is 2.54. The van der Waals surface area contributed by atoms with Crippen molar-refractivity contribution in [2.24, 2.45) is 10.1 Å². The predicted octanol–water partition coefficient (Wildman–Crippen LogP) is 1.79. The molecule has 1 aromatic carbocycles. The number of allylic oxidation sites excluding steroid dienone is 2. The number of aliphatic imine (C=N–C) groups is 1. The van der Waals surface area contributed by atoms with Crippen LogP contribution in [-0.4, -0.2) is 74.2 Å². The summed E-state index contributed by atoms with van der Waals surface area (Å²) >= 11 is 2.45. The zero-order valence-corrected chi connectivity index (χ0v) is 24.7. The average Bonchev–Trinajstić information content (AvgIpc) is 3.45. The number of nitrogens with zero attached hydrogens (tertiary/aromatic N) is 5. The lowest BCUT2D eigenvalue weighted by atomic mass is 10.0. The molecule has 3 aromatic rings. The van der Waals surface area contributed by atoms with Gasteiger partial charge in [-0.1, -0.05) is 11.2 Å². The number of rotatable bonds is 10. The Labute approximate surface area is 258 Å². The molecule has 1 fully saturated rings. The van der Waals surface area contributed by atoms with E-state index in [9.17, 15) is 24.3 Å². The number of thiazole rings is 1. The number of fused-ring (bicyclic) bond motifs is 2. The molecule has 2 aromatic heterocycles. The van der Waals surface area contributed by atoms with Gasteiger partial charge in [-0.05, 0) is 36.8 Å². The van der Waals surface area contributed by atoms with E-state index in [1.807, 2.05) is 22.9 Å². The van der Waals surface area contributed by atoms with Crippen LogP contribution in [0.15, 0.2) is 75.5 Å². The van der Waals surface area contributed by atoms with Crippen molar-refractivity contribution >= 4 is 74.5 Å². The summed E-state index contributed by atoms with van der Waals surface area (Å²) in [5.74, 6) is -2.79. The molecule has 1 saturated heterocycles. The minimum absolute atomic E-state index is 0.141. The first kappa shape index (κ1) is 30.3. The summed E-state index contributed by atoms with van der Waals surface area (Å²) in [4.78, 5) is 64.2. The number of carbonyl (C=O) groups excluding carboxylic acids is 3. The normalized spacial score (nSPS) is 18.1. The summed E-state index contributed by atoms with van der Waals surface area (Å²) in [6.45, 7) is 2.28. The van der Waals surface area contributed by atoms with E-state index in [0.717, 1.165) is 22.2 Å². The van der Waals surface area contributed by atoms with Gasteiger partial charge in [-0.25, -0.2) is 15.2 Å². The molecule has 0 bridgehead atoms. The van der Waals surface area contributed by atoms with Crippen LogP contribution in [0.3, 0.4) is 0 Å². The molecule has 4 heterocycles. The second-order valence-corrected chi connectivity index (χ2v) is 11.3. The second-order valence-electron chi connectivity index (χ2n) is 9.33. The molecule has 2 aliphatic heterocycles. The number of nitrogen functional groups attached to an aromatic ring is 1. The fourth-order valence-corrected chi connectivity index (χ4v) is 6.57. The Morgan fingerprint density at radius 2 is 2.18 bits per heavy atom. The minimum Gasteiger partial charge on any atom is -0.477 e. The fraction of sp³-hybridized carbons (Fsp3) is 0.214. The third-order valence-corrected chi connectivity index (χ3v) is 8.63. The third-order valence-electron chi connectivity index (χ3n) is 6.66. The Kier molecular flexibility index (Phi) is 8.94. The number of β-lactam (4-membered cyclic amide) rings is 1. The van der Waals surface area contributed by atoms with Crippen LogP contribution in [-0.2, 0) is 25.8 Å². The molecule has 0 radical (unpaired) electrons. The number of nitrogens with two attached hydrogens (primary N) is 1. The van der Waals surface area contributed by atoms with Gasteiger partial charge in [0.15, 0.2) is 23.6 Å². The van der Waals surface area contributed by atoms with Crippen molar-refractivity contribution in [1.82, 2.24) is 15.2 Å². The van der Waals surface area contributed by atoms with Gasteiger partial charge < -0.3 is 21.0 Å². The highest BCUT2D eigenvalue weighted by atomic mass is 32.2. The summed E-state index contributed by atoms with van der Waals surface area (Å²) in [5.41, 5.74) is 7.21. The number of benzene rings is 1. The van der Waals surface area contributed by atoms with Crippen molar-refractivity contribution in [2.75, 3.05) is 18.1 Å². The van der Waals surface area contributed by atoms with Crippen LogP contribution in [0.1, 0.15) is 23.0 Å². The van der Waals surface area contributed by atoms with E-state index in [2.05, 4.69) is 20.4 Å². The van der Waals surface area contributed by atoms with Gasteiger partial charge in [0, 0.05) is 34.2 Å². The Morgan fingerprint density at radius 3 is 2.89 bits per heavy atom. The minimum atomic E-state index is -1.26. The summed E-state index contributed by atoms with van der Waals surface area (Å²) in [6, 6.07) is 9.47. The number of aliphatic carboxylic acids is 1. The summed E-state index contributed by atoms with van der Waals surface area (Å²) in [5, 5.41) is 25.3. The Balaban J connectivity index is 1.32. The van der Waals surface area contributed by atoms with Crippen LogP contribution >= 0.6 is 23.1 Å². The molecule has 2 aliphatic rings. The van der Waals surface area contributed by atoms with Crippen molar-refractivity contribution in [3.8, 4) is 0 Å². The van der Waals surface area contributed by atoms with Gasteiger partial charge in [0.25, 0.3) is 17.7 Å². The van der Waals surface area contributed by atoms with Crippen LogP contribution < -0.4 is 15.6 Å². The van der Waals surface area contributed by atoms with Gasteiger partial charge in [-0.2, -0.15) is 4.57 Å². The van der Waals surface area contributed by atoms with Crippen molar-refractivity contribution < 1.29 is 33.7 Å². The lowest BCUT2D eigenvalue weighted by Crippen LogP contribution is -2.71. The van der Waals surface area contributed by atoms with Crippen LogP contribution in [0.25, 0.3) is 10.9 Å². The number of oxime groups is 1. The monoisotopic (exact) mass is 633 g/mol. The zero-order valence-electron chi connectivity index (χ0n) is 23.1. The highest BCUT2D eigenvalue weighted by molar-refractivity contribution is 8.00. The first-order chi connectivity index (χ1) is 21.2. The zero-order chi connectivity index (χ0) is 31.4. The molecular weight excluding hydrogens is 608 g/mol. The third kappa shape index (κ3) is 5.99. The van der Waals surface area contributed by atoms with E-state index < -0.39 is 35.1 Å². The number of carboxylic acid groups (broad SMARTS) is 1. The number of pyridine rings is 1. The lowest BCUT2D eigenvalue weighted by Gasteiger charge is -2.49. The number of amides is 3. The number of hydrogen-bond acceptors (Lipinski definition) is 11. The van der Waals surface area contributed by atoms with Gasteiger partial charge in [-0.3, -0.25) is 19.3 Å². The topological polar surface area (TPSA) is 204 Å². The molecule has 3 amide bonds. The van der Waals surface area contributed by atoms with Crippen LogP contribution in [0.5, 0.6) is 0 Å². The quantitative estimate of drug-likeness (QED) is 0.111. The predicted molar refractivity (Wildman–Crippen MR) is 162 cm³/mol. The number of carboxylic acids is 1. The van der Waals surface area contributed by atoms with Crippen LogP contribution in [0, 0.1) is 5.41 Å². The van der Waals surface area contributed by atoms with Crippen molar-refractivity contribution in [3.63, 3.8) is 0 Å². The molecule has 5 N–H and O–H groups in total. The first-order valence-corrected chi connectivity index (χ1v) is 15.0. The van der Waals surface area contributed by atoms with Gasteiger partial charge in [0.2, 0.25) is 5.52 Å². The summed E-state index contributed by atoms with van der Waals surface area (Å²) < 4.78 is 1.91. The fourth-order valence-electron chi connectivity index (χ4n) is 4.71. The Hall–Kier alpha value is -5.18. The number of aromatic nitrogens is 2. The first-order valence-electron chi connectivity index (χ1n) is 13.1. The molecule has 0 saturated carbocycles. The Morgan fingerprint density at radius 1 is 1.36 bits per heavy atom. The van der Waals surface area contributed by atoms with Gasteiger partial charge in [0.05, 0.1) is 6.01 Å². The molecule has 0 aliphatic carbocycles. The summed E-state index contributed by atoms with van der Waals surface area (Å²) in [7, 11) is 0. The van der Waals surface area contributed by atoms with E-state index in [1.165, 1.54) is 16.7 Å². The standard InChI is InChI=1S/C28H24N8O6S2/c1-2-42-34-20(18-13-44-28(30)32-18)24(38)33-21-25(39)36-22(27(40)41)17(12-43-26(21)36)6-4-10-35-9-3-5-15-11-16(7-8-19(15)35)23(37)31-14-29/h3-9,11,13,21,26,29H,2,10,12H2,1H3,(H3-,30,32,33,38,40,41)/p+1/b6-4+,34-20-/t21-,26-/m1/s1. The van der Waals surface area contributed by atoms with Gasteiger partial charge >= 0.3 is 5.97 Å². The van der Waals surface area contributed by atoms with Crippen molar-refractivity contribution in [3.05, 3.63) is 76.6 Å². The summed E-state index contributed by atoms with van der Waals surface area (Å²) in [6.07, 6.45) is 5.31. The molecule has 5 rings (SSSR count). The molecule has 44 heavy (non-hydrogen) atoms. The van der Waals surface area contributed by atoms with E-state index in [-0.39, 0.29) is 28.8 Å². The molecule has 224 valence electrons. The van der Waals surface area contributed by atoms with Crippen molar-refractivity contribution in [2.45, 2.75) is 24.9 Å². The number of carbonyl (C=O) groups is 4. The molecular formula is C28H25N8O6S2+. The van der Waals surface area contributed by atoms with Crippen molar-refractivity contribution in [1.29, 1.82) is 5.41 Å². The molecule has 2 atom stereocenters. The van der Waals surface area contributed by atoms with Crippen LogP contribution in [0.2, 0.25) is 0 Å². The molecule has 0 spiro atoms. The highest BCUT2D eigenvalue weighted by Crippen LogP contribution is 2.40. The Bertz CT molecular complexity index is 1830. The van der Waals surface area contributed by atoms with E-state index in [4.69, 9.17) is 16.0 Å². The number of nitrogens with one attached hydrogen (secondary N) is 2. The van der Waals surface area contributed by atoms with E-state index in [1.54, 1.807) is 48.7 Å². The number of hydrogen-bond donors (Lipinski definition) is 4. The lowest BCUT2D eigenvalue weighted by molar-refractivity contribution is -0.661. The number of thioether (sulfide) groups is 1. The average molecular weight is 634 g/mol. The maximum atomic E-state index is 13.1. The smallest absolute Gasteiger partial charge is 0.352 e. The molecule has 16 heteroatoms. The maximum absolute atomic E-state index is 13.1. The second kappa shape index (κ2) is 13.0. The number of anilines is 1. The molecule has 14 nitrogen and oxygen atoms in total. The van der Waals surface area contributed by atoms with Gasteiger partial charge in [0.1, 0.15) is 29.4 Å². The van der Waals surface area contributed by atoms with Crippen LogP contribution in [0.4, 0.5) is 5.13 Å². The van der Waals surface area contributed by atoms with Gasteiger partial charge in [-0.15, -0.1) is 28.1 Å². The SMILES string of the molecule is CCO/N=C(\C(=O)N[C@@H]1C(=O)N2C(C(=O)O)=C(/C=C/C[n+]3cccc4cc(C(=O)N=C=N)ccc43)CS[C@H]12)c1csc(N)n1. The van der Waals surface area contributed by atoms with E-state index in [0.29, 0.717) is 23.4 Å². The van der Waals surface area contributed by atoms with E-state index >= 15 is 0 Å². The largest absolute Gasteiger partial charge is 0.477 e. The maximum Gasteiger partial charge on any atom is 0.352 e. The molecule has 0 unspecified atom stereocenters.